The number of nitrogens with zero attached hydrogens (tertiary/aromatic N) is 6. The number of hydrogen-bond donors (Lipinski definition) is 1. The molecule has 6 rings (SSSR count). The van der Waals surface area contributed by atoms with Crippen LogP contribution in [0.3, 0.4) is 0 Å². The molecule has 0 amide bonds. The zero-order valence-corrected chi connectivity index (χ0v) is 24.6. The molecule has 0 saturated carbocycles. The Hall–Kier alpha value is -4.55. The van der Waals surface area contributed by atoms with Crippen molar-refractivity contribution in [3.8, 4) is 16.3 Å². The number of esters is 1. The Labute approximate surface area is 250 Å². The Bertz CT molecular complexity index is 1740. The second-order valence-electron chi connectivity index (χ2n) is 9.37. The standard InChI is InChI=1S/C30H27N7O3S2/c1-3-39-28(38)25-23(18-41-30-34-32-27(42-30)20-12-5-4-6-13-20)31-29-33-35-36-37(29)26(25)22-15-9-10-16-24(22)40-17-21-14-8-7-11-19(21)2/h4-16,26H,3,17-18H2,1-2H3,(H,31,33,36). The van der Waals surface area contributed by atoms with Crippen molar-refractivity contribution in [1.82, 2.24) is 30.4 Å². The van der Waals surface area contributed by atoms with Crippen molar-refractivity contribution in [3.63, 3.8) is 0 Å². The van der Waals surface area contributed by atoms with E-state index in [1.807, 2.05) is 72.8 Å². The summed E-state index contributed by atoms with van der Waals surface area (Å²) in [7, 11) is 0. The first-order valence-electron chi connectivity index (χ1n) is 13.4. The molecule has 0 saturated heterocycles. The van der Waals surface area contributed by atoms with Gasteiger partial charge in [-0.15, -0.1) is 10.2 Å². The van der Waals surface area contributed by atoms with Crippen molar-refractivity contribution in [2.75, 3.05) is 17.7 Å². The van der Waals surface area contributed by atoms with Crippen LogP contribution in [0.4, 0.5) is 5.95 Å². The number of fused-ring (bicyclic) bond motifs is 1. The number of carbonyl (C=O) groups excluding carboxylic acids is 1. The predicted molar refractivity (Wildman–Crippen MR) is 161 cm³/mol. The minimum Gasteiger partial charge on any atom is -0.489 e. The van der Waals surface area contributed by atoms with Gasteiger partial charge in [-0.2, -0.15) is 4.68 Å². The maximum absolute atomic E-state index is 13.6. The summed E-state index contributed by atoms with van der Waals surface area (Å²) < 4.78 is 14.3. The molecule has 1 aliphatic rings. The molecule has 1 atom stereocenters. The third-order valence-corrected chi connectivity index (χ3v) is 8.85. The van der Waals surface area contributed by atoms with Gasteiger partial charge >= 0.3 is 5.97 Å². The van der Waals surface area contributed by atoms with Crippen molar-refractivity contribution in [2.45, 2.75) is 30.8 Å². The van der Waals surface area contributed by atoms with Crippen molar-refractivity contribution in [3.05, 3.63) is 107 Å². The minimum atomic E-state index is -0.673. The lowest BCUT2D eigenvalue weighted by molar-refractivity contribution is -0.139. The largest absolute Gasteiger partial charge is 0.489 e. The van der Waals surface area contributed by atoms with E-state index in [1.165, 1.54) is 23.1 Å². The van der Waals surface area contributed by atoms with Gasteiger partial charge < -0.3 is 14.8 Å². The molecular weight excluding hydrogens is 571 g/mol. The highest BCUT2D eigenvalue weighted by molar-refractivity contribution is 8.01. The van der Waals surface area contributed by atoms with Crippen molar-refractivity contribution < 1.29 is 14.3 Å². The highest BCUT2D eigenvalue weighted by Crippen LogP contribution is 2.41. The van der Waals surface area contributed by atoms with Crippen molar-refractivity contribution in [2.24, 2.45) is 0 Å². The molecule has 1 unspecified atom stereocenters. The van der Waals surface area contributed by atoms with Gasteiger partial charge in [0.2, 0.25) is 5.95 Å². The summed E-state index contributed by atoms with van der Waals surface area (Å²) in [6.07, 6.45) is 0. The minimum absolute atomic E-state index is 0.222. The third-order valence-electron chi connectivity index (χ3n) is 6.72. The van der Waals surface area contributed by atoms with E-state index in [0.29, 0.717) is 35.3 Å². The van der Waals surface area contributed by atoms with Gasteiger partial charge in [-0.05, 0) is 41.5 Å². The topological polar surface area (TPSA) is 117 Å². The molecular formula is C30H27N7O3S2. The van der Waals surface area contributed by atoms with Gasteiger partial charge in [0.05, 0.1) is 12.2 Å². The second-order valence-corrected chi connectivity index (χ2v) is 11.6. The molecule has 12 heteroatoms. The average Bonchev–Trinajstić information content (AvgIpc) is 3.69. The van der Waals surface area contributed by atoms with Crippen LogP contribution in [0.5, 0.6) is 5.75 Å². The van der Waals surface area contributed by atoms with Crippen LogP contribution in [0.25, 0.3) is 10.6 Å². The first-order valence-corrected chi connectivity index (χ1v) is 15.2. The summed E-state index contributed by atoms with van der Waals surface area (Å²) in [6.45, 7) is 4.43. The molecule has 3 aromatic carbocycles. The van der Waals surface area contributed by atoms with Crippen molar-refractivity contribution in [1.29, 1.82) is 0 Å². The molecule has 1 aliphatic heterocycles. The summed E-state index contributed by atoms with van der Waals surface area (Å²) in [4.78, 5) is 13.6. The number of aryl methyl sites for hydroxylation is 1. The lowest BCUT2D eigenvalue weighted by Gasteiger charge is -2.29. The van der Waals surface area contributed by atoms with Crippen LogP contribution in [0, 0.1) is 6.92 Å². The number of hydrogen-bond acceptors (Lipinski definition) is 11. The first kappa shape index (κ1) is 27.6. The van der Waals surface area contributed by atoms with Crippen LogP contribution in [0.2, 0.25) is 0 Å². The monoisotopic (exact) mass is 597 g/mol. The Morgan fingerprint density at radius 3 is 2.62 bits per heavy atom. The van der Waals surface area contributed by atoms with Crippen LogP contribution in [0.15, 0.2) is 94.5 Å². The van der Waals surface area contributed by atoms with E-state index >= 15 is 0 Å². The van der Waals surface area contributed by atoms with E-state index < -0.39 is 12.0 Å². The van der Waals surface area contributed by atoms with Crippen LogP contribution < -0.4 is 10.1 Å². The normalized spacial score (nSPS) is 14.3. The molecule has 42 heavy (non-hydrogen) atoms. The maximum Gasteiger partial charge on any atom is 0.338 e. The average molecular weight is 598 g/mol. The number of ether oxygens (including phenoxy) is 2. The number of para-hydroxylation sites is 1. The van der Waals surface area contributed by atoms with E-state index in [0.717, 1.165) is 31.6 Å². The summed E-state index contributed by atoms with van der Waals surface area (Å²) >= 11 is 2.97. The Morgan fingerprint density at radius 1 is 1.00 bits per heavy atom. The number of anilines is 1. The number of benzene rings is 3. The van der Waals surface area contributed by atoms with Crippen LogP contribution in [-0.4, -0.2) is 48.7 Å². The van der Waals surface area contributed by atoms with Crippen LogP contribution >= 0.6 is 23.1 Å². The number of tetrazole rings is 1. The van der Waals surface area contributed by atoms with Gasteiger partial charge in [0, 0.05) is 22.6 Å². The third kappa shape index (κ3) is 5.76. The lowest BCUT2D eigenvalue weighted by atomic mass is 9.95. The van der Waals surface area contributed by atoms with E-state index in [9.17, 15) is 4.79 Å². The quantitative estimate of drug-likeness (QED) is 0.159. The number of carbonyl (C=O) groups is 1. The van der Waals surface area contributed by atoms with E-state index in [1.54, 1.807) is 11.6 Å². The van der Waals surface area contributed by atoms with E-state index in [-0.39, 0.29) is 6.61 Å². The molecule has 10 nitrogen and oxygen atoms in total. The van der Waals surface area contributed by atoms with Gasteiger partial charge in [0.15, 0.2) is 4.34 Å². The van der Waals surface area contributed by atoms with Gasteiger partial charge in [0.1, 0.15) is 23.4 Å². The number of thioether (sulfide) groups is 1. The SMILES string of the molecule is CCOC(=O)C1=C(CSc2nnc(-c3ccccc3)s2)Nc2nnnn2C1c1ccccc1OCc1ccccc1C. The molecule has 0 aliphatic carbocycles. The van der Waals surface area contributed by atoms with Gasteiger partial charge in [-0.25, -0.2) is 4.79 Å². The molecule has 5 aromatic rings. The smallest absolute Gasteiger partial charge is 0.338 e. The van der Waals surface area contributed by atoms with Crippen molar-refractivity contribution >= 4 is 35.0 Å². The summed E-state index contributed by atoms with van der Waals surface area (Å²) in [5, 5.41) is 25.1. The lowest BCUT2D eigenvalue weighted by Crippen LogP contribution is -2.31. The molecule has 212 valence electrons. The molecule has 1 N–H and O–H groups in total. The molecule has 2 aromatic heterocycles. The zero-order valence-electron chi connectivity index (χ0n) is 22.9. The number of aromatic nitrogens is 6. The van der Waals surface area contributed by atoms with Crippen LogP contribution in [0.1, 0.15) is 29.7 Å². The van der Waals surface area contributed by atoms with E-state index in [2.05, 4.69) is 44.0 Å². The molecule has 3 heterocycles. The highest BCUT2D eigenvalue weighted by atomic mass is 32.2. The predicted octanol–water partition coefficient (Wildman–Crippen LogP) is 5.70. The zero-order chi connectivity index (χ0) is 28.9. The Kier molecular flexibility index (Phi) is 8.24. The fourth-order valence-corrected chi connectivity index (χ4v) is 6.47. The molecule has 0 fully saturated rings. The Balaban J connectivity index is 1.35. The second kappa shape index (κ2) is 12.5. The number of nitrogens with one attached hydrogen (secondary N) is 1. The number of rotatable bonds is 10. The van der Waals surface area contributed by atoms with Gasteiger partial charge in [-0.3, -0.25) is 0 Å². The summed E-state index contributed by atoms with van der Waals surface area (Å²) in [6, 6.07) is 25.0. The first-order chi connectivity index (χ1) is 20.6. The van der Waals surface area contributed by atoms with E-state index in [4.69, 9.17) is 9.47 Å². The summed E-state index contributed by atoms with van der Waals surface area (Å²) in [5.74, 6) is 0.981. The summed E-state index contributed by atoms with van der Waals surface area (Å²) in [5.41, 5.74) is 5.00. The highest BCUT2D eigenvalue weighted by Gasteiger charge is 2.37. The molecule has 0 spiro atoms. The van der Waals surface area contributed by atoms with Crippen LogP contribution in [-0.2, 0) is 16.1 Å². The Morgan fingerprint density at radius 2 is 1.79 bits per heavy atom. The van der Waals surface area contributed by atoms with Gasteiger partial charge in [0.25, 0.3) is 0 Å². The molecule has 0 bridgehead atoms. The van der Waals surface area contributed by atoms with Gasteiger partial charge in [-0.1, -0.05) is 101 Å². The maximum atomic E-state index is 13.6. The fraction of sp³-hybridized carbons (Fsp3) is 0.200. The fourth-order valence-electron chi connectivity index (χ4n) is 4.65. The molecule has 0 radical (unpaired) electrons.